The molecule has 2 atom stereocenters. The van der Waals surface area contributed by atoms with Gasteiger partial charge in [-0.05, 0) is 18.9 Å². The average molecular weight is 273 g/mol. The lowest BCUT2D eigenvalue weighted by atomic mass is 10.1. The number of aromatic nitrogens is 3. The number of nitrogens with two attached hydrogens (primary N) is 1. The molecular weight excluding hydrogens is 254 g/mol. The second-order valence-corrected chi connectivity index (χ2v) is 4.83. The summed E-state index contributed by atoms with van der Waals surface area (Å²) < 4.78 is 1.77. The molecule has 0 aliphatic rings. The van der Waals surface area contributed by atoms with Gasteiger partial charge in [-0.15, -0.1) is 10.2 Å². The Kier molecular flexibility index (Phi) is 4.47. The molecule has 106 valence electrons. The first kappa shape index (κ1) is 14.2. The maximum absolute atomic E-state index is 12.1. The van der Waals surface area contributed by atoms with E-state index in [0.717, 1.165) is 5.56 Å². The van der Waals surface area contributed by atoms with Gasteiger partial charge in [0.25, 0.3) is 0 Å². The van der Waals surface area contributed by atoms with Crippen LogP contribution in [0.3, 0.4) is 0 Å². The Morgan fingerprint density at radius 1 is 1.40 bits per heavy atom. The number of benzene rings is 1. The number of carbonyl (C=O) groups is 1. The molecule has 0 saturated heterocycles. The number of hydrogen-bond acceptors (Lipinski definition) is 4. The Hall–Kier alpha value is -2.21. The number of nitrogens with zero attached hydrogens (tertiary/aromatic N) is 3. The molecular formula is C14H19N5O. The highest BCUT2D eigenvalue weighted by molar-refractivity contribution is 5.82. The molecule has 0 bridgehead atoms. The summed E-state index contributed by atoms with van der Waals surface area (Å²) in [6.45, 7) is 1.86. The molecule has 20 heavy (non-hydrogen) atoms. The van der Waals surface area contributed by atoms with E-state index in [1.165, 1.54) is 0 Å². The predicted octanol–water partition coefficient (Wildman–Crippen LogP) is 0.562. The molecule has 0 aliphatic carbocycles. The van der Waals surface area contributed by atoms with Gasteiger partial charge in [0.15, 0.2) is 5.82 Å². The lowest BCUT2D eigenvalue weighted by Crippen LogP contribution is -2.43. The van der Waals surface area contributed by atoms with E-state index in [2.05, 4.69) is 15.5 Å². The lowest BCUT2D eigenvalue weighted by Gasteiger charge is -2.17. The Balaban J connectivity index is 1.93. The van der Waals surface area contributed by atoms with Gasteiger partial charge in [0, 0.05) is 7.05 Å². The van der Waals surface area contributed by atoms with Crippen LogP contribution >= 0.6 is 0 Å². The normalized spacial score (nSPS) is 13.8. The van der Waals surface area contributed by atoms with Gasteiger partial charge < -0.3 is 15.6 Å². The van der Waals surface area contributed by atoms with Crippen molar-refractivity contribution in [3.05, 3.63) is 48.0 Å². The third kappa shape index (κ3) is 3.42. The van der Waals surface area contributed by atoms with Crippen molar-refractivity contribution in [1.29, 1.82) is 0 Å². The van der Waals surface area contributed by atoms with Crippen molar-refractivity contribution in [2.24, 2.45) is 12.8 Å². The number of rotatable bonds is 5. The number of nitrogens with one attached hydrogen (secondary N) is 1. The summed E-state index contributed by atoms with van der Waals surface area (Å²) in [5.74, 6) is 0.509. The fourth-order valence-electron chi connectivity index (χ4n) is 2.03. The average Bonchev–Trinajstić information content (AvgIpc) is 2.86. The van der Waals surface area contributed by atoms with Crippen molar-refractivity contribution < 1.29 is 4.79 Å². The Labute approximate surface area is 118 Å². The highest BCUT2D eigenvalue weighted by atomic mass is 16.2. The van der Waals surface area contributed by atoms with Crippen LogP contribution in [-0.2, 0) is 18.3 Å². The second-order valence-electron chi connectivity index (χ2n) is 4.83. The van der Waals surface area contributed by atoms with Crippen LogP contribution in [0.1, 0.15) is 24.4 Å². The molecule has 1 amide bonds. The molecule has 1 unspecified atom stereocenters. The summed E-state index contributed by atoms with van der Waals surface area (Å²) in [6.07, 6.45) is 2.11. The third-order valence-corrected chi connectivity index (χ3v) is 3.13. The van der Waals surface area contributed by atoms with Gasteiger partial charge in [0.2, 0.25) is 5.91 Å². The SMILES string of the molecule is CC(NC(=O)[C@@H](N)Cc1ccccc1)c1nncn1C. The van der Waals surface area contributed by atoms with Gasteiger partial charge in [-0.1, -0.05) is 30.3 Å². The summed E-state index contributed by atoms with van der Waals surface area (Å²) in [5.41, 5.74) is 6.98. The van der Waals surface area contributed by atoms with Gasteiger partial charge in [-0.2, -0.15) is 0 Å². The number of aryl methyl sites for hydroxylation is 1. The zero-order valence-corrected chi connectivity index (χ0v) is 11.7. The van der Waals surface area contributed by atoms with Crippen molar-refractivity contribution in [1.82, 2.24) is 20.1 Å². The van der Waals surface area contributed by atoms with Crippen LogP contribution in [0.25, 0.3) is 0 Å². The molecule has 0 aliphatic heterocycles. The van der Waals surface area contributed by atoms with Crippen LogP contribution in [0.15, 0.2) is 36.7 Å². The third-order valence-electron chi connectivity index (χ3n) is 3.13. The van der Waals surface area contributed by atoms with E-state index >= 15 is 0 Å². The van der Waals surface area contributed by atoms with E-state index in [-0.39, 0.29) is 11.9 Å². The molecule has 0 radical (unpaired) electrons. The fraction of sp³-hybridized carbons (Fsp3) is 0.357. The molecule has 0 fully saturated rings. The van der Waals surface area contributed by atoms with Crippen LogP contribution in [-0.4, -0.2) is 26.7 Å². The topological polar surface area (TPSA) is 85.8 Å². The standard InChI is InChI=1S/C14H19N5O/c1-10(13-18-16-9-19(13)2)17-14(20)12(15)8-11-6-4-3-5-7-11/h3-7,9-10,12H,8,15H2,1-2H3,(H,17,20)/t10?,12-/m0/s1. The molecule has 2 aromatic rings. The zero-order chi connectivity index (χ0) is 14.5. The van der Waals surface area contributed by atoms with Crippen LogP contribution in [0.5, 0.6) is 0 Å². The summed E-state index contributed by atoms with van der Waals surface area (Å²) >= 11 is 0. The van der Waals surface area contributed by atoms with E-state index in [9.17, 15) is 4.79 Å². The Morgan fingerprint density at radius 2 is 2.10 bits per heavy atom. The maximum atomic E-state index is 12.1. The molecule has 1 aromatic heterocycles. The molecule has 6 heteroatoms. The highest BCUT2D eigenvalue weighted by Crippen LogP contribution is 2.08. The van der Waals surface area contributed by atoms with Crippen molar-refractivity contribution in [3.63, 3.8) is 0 Å². The molecule has 0 spiro atoms. The van der Waals surface area contributed by atoms with E-state index in [1.54, 1.807) is 10.9 Å². The molecule has 1 heterocycles. The van der Waals surface area contributed by atoms with Crippen LogP contribution in [0, 0.1) is 0 Å². The number of amides is 1. The molecule has 1 aromatic carbocycles. The number of carbonyl (C=O) groups excluding carboxylic acids is 1. The van der Waals surface area contributed by atoms with Gasteiger partial charge in [0.05, 0.1) is 12.1 Å². The molecule has 2 rings (SSSR count). The summed E-state index contributed by atoms with van der Waals surface area (Å²) in [7, 11) is 1.84. The second kappa shape index (κ2) is 6.29. The lowest BCUT2D eigenvalue weighted by molar-refractivity contribution is -0.123. The predicted molar refractivity (Wildman–Crippen MR) is 75.7 cm³/mol. The minimum absolute atomic E-state index is 0.190. The minimum atomic E-state index is -0.576. The van der Waals surface area contributed by atoms with Gasteiger partial charge >= 0.3 is 0 Å². The Bertz CT molecular complexity index is 566. The summed E-state index contributed by atoms with van der Waals surface area (Å²) in [5, 5.41) is 10.6. The quantitative estimate of drug-likeness (QED) is 0.833. The van der Waals surface area contributed by atoms with Crippen LogP contribution in [0.2, 0.25) is 0 Å². The molecule has 0 saturated carbocycles. The first-order valence-corrected chi connectivity index (χ1v) is 6.51. The molecule has 6 nitrogen and oxygen atoms in total. The summed E-state index contributed by atoms with van der Waals surface area (Å²) in [6, 6.07) is 8.92. The van der Waals surface area contributed by atoms with Gasteiger partial charge in [-0.25, -0.2) is 0 Å². The first-order valence-electron chi connectivity index (χ1n) is 6.51. The van der Waals surface area contributed by atoms with Gasteiger partial charge in [-0.3, -0.25) is 4.79 Å². The van der Waals surface area contributed by atoms with Crippen molar-refractivity contribution in [2.75, 3.05) is 0 Å². The smallest absolute Gasteiger partial charge is 0.237 e. The van der Waals surface area contributed by atoms with E-state index in [0.29, 0.717) is 12.2 Å². The van der Waals surface area contributed by atoms with E-state index < -0.39 is 6.04 Å². The van der Waals surface area contributed by atoms with Crippen LogP contribution < -0.4 is 11.1 Å². The minimum Gasteiger partial charge on any atom is -0.345 e. The summed E-state index contributed by atoms with van der Waals surface area (Å²) in [4.78, 5) is 12.1. The van der Waals surface area contributed by atoms with Crippen molar-refractivity contribution in [2.45, 2.75) is 25.4 Å². The highest BCUT2D eigenvalue weighted by Gasteiger charge is 2.19. The zero-order valence-electron chi connectivity index (χ0n) is 11.7. The van der Waals surface area contributed by atoms with Crippen LogP contribution in [0.4, 0.5) is 0 Å². The largest absolute Gasteiger partial charge is 0.345 e. The van der Waals surface area contributed by atoms with Crippen molar-refractivity contribution in [3.8, 4) is 0 Å². The van der Waals surface area contributed by atoms with E-state index in [1.807, 2.05) is 44.3 Å². The number of hydrogen-bond donors (Lipinski definition) is 2. The molecule has 3 N–H and O–H groups in total. The first-order chi connectivity index (χ1) is 9.58. The monoisotopic (exact) mass is 273 g/mol. The Morgan fingerprint density at radius 3 is 2.70 bits per heavy atom. The maximum Gasteiger partial charge on any atom is 0.237 e. The van der Waals surface area contributed by atoms with Gasteiger partial charge in [0.1, 0.15) is 6.33 Å². The fourth-order valence-corrected chi connectivity index (χ4v) is 2.03. The van der Waals surface area contributed by atoms with E-state index in [4.69, 9.17) is 5.73 Å². The van der Waals surface area contributed by atoms with Crippen molar-refractivity contribution >= 4 is 5.91 Å².